The number of ether oxygens (including phenoxy) is 3. The molecule has 3 rings (SSSR count). The fourth-order valence-corrected chi connectivity index (χ4v) is 3.05. The molecule has 31 heavy (non-hydrogen) atoms. The molecule has 0 aliphatic rings. The summed E-state index contributed by atoms with van der Waals surface area (Å²) in [7, 11) is 2.78. The molecule has 0 aliphatic heterocycles. The third kappa shape index (κ3) is 4.85. The second-order valence-electron chi connectivity index (χ2n) is 7.79. The Kier molecular flexibility index (Phi) is 6.01. The molecule has 1 heterocycles. The molecular weight excluding hydrogens is 400 g/mol. The van der Waals surface area contributed by atoms with Gasteiger partial charge >= 0.3 is 12.1 Å². The summed E-state index contributed by atoms with van der Waals surface area (Å²) < 4.78 is 16.6. The molecule has 1 aromatic heterocycles. The van der Waals surface area contributed by atoms with E-state index in [-0.39, 0.29) is 11.3 Å². The maximum atomic E-state index is 13.2. The minimum atomic E-state index is -0.655. The number of carbonyl (C=O) groups excluding carboxylic acids is 2. The van der Waals surface area contributed by atoms with Gasteiger partial charge in [-0.25, -0.2) is 9.59 Å². The van der Waals surface area contributed by atoms with E-state index in [1.54, 1.807) is 69.3 Å². The lowest BCUT2D eigenvalue weighted by atomic mass is 10.1. The van der Waals surface area contributed by atoms with Crippen molar-refractivity contribution < 1.29 is 23.8 Å². The Morgan fingerprint density at radius 3 is 2.23 bits per heavy atom. The summed E-state index contributed by atoms with van der Waals surface area (Å²) in [5.74, 6) is -0.0872. The third-order valence-electron chi connectivity index (χ3n) is 4.39. The van der Waals surface area contributed by atoms with E-state index in [9.17, 15) is 14.4 Å². The van der Waals surface area contributed by atoms with E-state index in [1.807, 2.05) is 0 Å². The van der Waals surface area contributed by atoms with Gasteiger partial charge in [-0.3, -0.25) is 14.7 Å². The van der Waals surface area contributed by atoms with E-state index in [0.29, 0.717) is 27.9 Å². The van der Waals surface area contributed by atoms with Gasteiger partial charge < -0.3 is 14.2 Å². The average molecular weight is 424 g/mol. The van der Waals surface area contributed by atoms with Gasteiger partial charge in [0, 0.05) is 16.8 Å². The predicted molar refractivity (Wildman–Crippen MR) is 117 cm³/mol. The zero-order chi connectivity index (χ0) is 22.8. The van der Waals surface area contributed by atoms with Crippen molar-refractivity contribution in [3.05, 3.63) is 64.6 Å². The second-order valence-corrected chi connectivity index (χ2v) is 7.79. The number of esters is 1. The summed E-state index contributed by atoms with van der Waals surface area (Å²) in [4.78, 5) is 37.6. The van der Waals surface area contributed by atoms with Crippen molar-refractivity contribution >= 4 is 28.5 Å². The molecule has 0 unspecified atom stereocenters. The number of benzene rings is 2. The minimum absolute atomic E-state index is 0.0705. The molecule has 0 bridgehead atoms. The lowest BCUT2D eigenvalue weighted by molar-refractivity contribution is 0.0588. The molecule has 3 aromatic rings. The standard InChI is InChI=1S/C23H24N2O6/c1-23(2,3)31-22(28)24-15-6-8-16(9-7-15)25-19(21(27)30-5)13-14-12-17(29-4)10-11-18(14)20(25)26/h6-13H,1-5H3,(H,24,28). The Hall–Kier alpha value is -3.81. The molecule has 0 atom stereocenters. The Morgan fingerprint density at radius 1 is 0.968 bits per heavy atom. The van der Waals surface area contributed by atoms with Gasteiger partial charge in [-0.15, -0.1) is 0 Å². The van der Waals surface area contributed by atoms with Crippen molar-refractivity contribution in [2.75, 3.05) is 19.5 Å². The van der Waals surface area contributed by atoms with Gasteiger partial charge in [0.25, 0.3) is 5.56 Å². The summed E-state index contributed by atoms with van der Waals surface area (Å²) in [6.45, 7) is 5.31. The highest BCUT2D eigenvalue weighted by Gasteiger charge is 2.19. The van der Waals surface area contributed by atoms with E-state index in [1.165, 1.54) is 18.8 Å². The van der Waals surface area contributed by atoms with Crippen LogP contribution in [0.1, 0.15) is 31.3 Å². The molecular formula is C23H24N2O6. The van der Waals surface area contributed by atoms with Gasteiger partial charge in [0.15, 0.2) is 0 Å². The van der Waals surface area contributed by atoms with Crippen molar-refractivity contribution in [2.24, 2.45) is 0 Å². The van der Waals surface area contributed by atoms with Crippen molar-refractivity contribution in [3.8, 4) is 11.4 Å². The molecule has 2 aromatic carbocycles. The monoisotopic (exact) mass is 424 g/mol. The molecule has 162 valence electrons. The molecule has 1 amide bonds. The molecule has 8 nitrogen and oxygen atoms in total. The van der Waals surface area contributed by atoms with Crippen LogP contribution in [0.5, 0.6) is 5.75 Å². The number of amides is 1. The number of nitrogens with zero attached hydrogens (tertiary/aromatic N) is 1. The zero-order valence-electron chi connectivity index (χ0n) is 18.0. The minimum Gasteiger partial charge on any atom is -0.497 e. The SMILES string of the molecule is COC(=O)c1cc2cc(OC)ccc2c(=O)n1-c1ccc(NC(=O)OC(C)(C)C)cc1. The largest absolute Gasteiger partial charge is 0.497 e. The van der Waals surface area contributed by atoms with Gasteiger partial charge in [0.1, 0.15) is 17.0 Å². The molecule has 8 heteroatoms. The number of carbonyl (C=O) groups is 2. The van der Waals surface area contributed by atoms with E-state index in [4.69, 9.17) is 14.2 Å². The normalized spacial score (nSPS) is 11.1. The maximum absolute atomic E-state index is 13.2. The zero-order valence-corrected chi connectivity index (χ0v) is 18.0. The molecule has 0 saturated carbocycles. The first-order chi connectivity index (χ1) is 14.6. The summed E-state index contributed by atoms with van der Waals surface area (Å²) >= 11 is 0. The number of hydrogen-bond acceptors (Lipinski definition) is 6. The first-order valence-corrected chi connectivity index (χ1v) is 9.55. The third-order valence-corrected chi connectivity index (χ3v) is 4.39. The average Bonchev–Trinajstić information content (AvgIpc) is 2.72. The van der Waals surface area contributed by atoms with Gasteiger partial charge in [0.05, 0.1) is 14.2 Å². The van der Waals surface area contributed by atoms with Crippen LogP contribution < -0.4 is 15.6 Å². The van der Waals surface area contributed by atoms with Crippen LogP contribution in [0.3, 0.4) is 0 Å². The van der Waals surface area contributed by atoms with Gasteiger partial charge in [-0.2, -0.15) is 0 Å². The fourth-order valence-electron chi connectivity index (χ4n) is 3.05. The van der Waals surface area contributed by atoms with Crippen LogP contribution in [0, 0.1) is 0 Å². The predicted octanol–water partition coefficient (Wildman–Crippen LogP) is 4.13. The Balaban J connectivity index is 2.05. The summed E-state index contributed by atoms with van der Waals surface area (Å²) in [5, 5.41) is 3.61. The number of rotatable bonds is 4. The topological polar surface area (TPSA) is 95.9 Å². The number of pyridine rings is 1. The van der Waals surface area contributed by atoms with Gasteiger partial charge in [-0.1, -0.05) is 0 Å². The molecule has 0 aliphatic carbocycles. The van der Waals surface area contributed by atoms with Crippen LogP contribution in [0.15, 0.2) is 53.3 Å². The Labute approximate surface area is 179 Å². The maximum Gasteiger partial charge on any atom is 0.412 e. The molecule has 0 spiro atoms. The first-order valence-electron chi connectivity index (χ1n) is 9.55. The van der Waals surface area contributed by atoms with Gasteiger partial charge in [-0.05, 0) is 74.7 Å². The number of hydrogen-bond donors (Lipinski definition) is 1. The molecule has 0 saturated heterocycles. The molecule has 1 N–H and O–H groups in total. The Bertz CT molecular complexity index is 1190. The van der Waals surface area contributed by atoms with Crippen molar-refractivity contribution in [1.29, 1.82) is 0 Å². The summed E-state index contributed by atoms with van der Waals surface area (Å²) in [5.41, 5.74) is -0.0101. The van der Waals surface area contributed by atoms with Crippen molar-refractivity contribution in [2.45, 2.75) is 26.4 Å². The Morgan fingerprint density at radius 2 is 1.65 bits per heavy atom. The number of methoxy groups -OCH3 is 2. The smallest absolute Gasteiger partial charge is 0.412 e. The van der Waals surface area contributed by atoms with Crippen LogP contribution in [0.25, 0.3) is 16.5 Å². The van der Waals surface area contributed by atoms with Crippen molar-refractivity contribution in [1.82, 2.24) is 4.57 Å². The number of nitrogens with one attached hydrogen (secondary N) is 1. The highest BCUT2D eigenvalue weighted by Crippen LogP contribution is 2.22. The quantitative estimate of drug-likeness (QED) is 0.633. The van der Waals surface area contributed by atoms with Gasteiger partial charge in [0.2, 0.25) is 0 Å². The van der Waals surface area contributed by atoms with Crippen LogP contribution >= 0.6 is 0 Å². The van der Waals surface area contributed by atoms with Crippen molar-refractivity contribution in [3.63, 3.8) is 0 Å². The van der Waals surface area contributed by atoms with Crippen LogP contribution in [-0.4, -0.2) is 36.5 Å². The second kappa shape index (κ2) is 8.51. The highest BCUT2D eigenvalue weighted by molar-refractivity contribution is 5.94. The van der Waals surface area contributed by atoms with Crippen LogP contribution in [0.2, 0.25) is 0 Å². The van der Waals surface area contributed by atoms with Crippen LogP contribution in [0.4, 0.5) is 10.5 Å². The lowest BCUT2D eigenvalue weighted by Crippen LogP contribution is -2.27. The summed E-state index contributed by atoms with van der Waals surface area (Å²) in [6, 6.07) is 13.1. The van der Waals surface area contributed by atoms with Crippen LogP contribution in [-0.2, 0) is 9.47 Å². The molecule has 0 fully saturated rings. The lowest BCUT2D eigenvalue weighted by Gasteiger charge is -2.19. The first kappa shape index (κ1) is 21.9. The fraction of sp³-hybridized carbons (Fsp3) is 0.261. The van der Waals surface area contributed by atoms with E-state index < -0.39 is 17.7 Å². The summed E-state index contributed by atoms with van der Waals surface area (Å²) in [6.07, 6.45) is -0.590. The van der Waals surface area contributed by atoms with E-state index in [0.717, 1.165) is 0 Å². The number of anilines is 1. The molecule has 0 radical (unpaired) electrons. The number of fused-ring (bicyclic) bond motifs is 1. The van der Waals surface area contributed by atoms with E-state index >= 15 is 0 Å². The van der Waals surface area contributed by atoms with E-state index in [2.05, 4.69) is 5.32 Å². The number of aromatic nitrogens is 1. The highest BCUT2D eigenvalue weighted by atomic mass is 16.6.